The lowest BCUT2D eigenvalue weighted by atomic mass is 9.99. The molecule has 0 saturated carbocycles. The molecule has 19 heteroatoms. The van der Waals surface area contributed by atoms with Gasteiger partial charge in [-0.05, 0) is 31.6 Å². The lowest BCUT2D eigenvalue weighted by Crippen LogP contribution is -2.30. The minimum absolute atomic E-state index is 0.109. The molecule has 0 aliphatic rings. The summed E-state index contributed by atoms with van der Waals surface area (Å²) in [5.74, 6) is -1.22. The average Bonchev–Trinajstić information content (AvgIpc) is 0.899. The van der Waals surface area contributed by atoms with Crippen LogP contribution < -0.4 is 0 Å². The summed E-state index contributed by atoms with van der Waals surface area (Å²) in [6, 6.07) is 0. The van der Waals surface area contributed by atoms with Gasteiger partial charge in [0.1, 0.15) is 19.3 Å². The van der Waals surface area contributed by atoms with E-state index in [2.05, 4.69) is 34.6 Å². The fourth-order valence-electron chi connectivity index (χ4n) is 14.3. The van der Waals surface area contributed by atoms with Crippen molar-refractivity contribution in [3.05, 3.63) is 0 Å². The first-order valence-electron chi connectivity index (χ1n) is 47.2. The van der Waals surface area contributed by atoms with Gasteiger partial charge in [0, 0.05) is 25.7 Å². The molecular formula is C91H178O17P2. The number of hydrogen-bond acceptors (Lipinski definition) is 15. The number of esters is 4. The van der Waals surface area contributed by atoms with Crippen molar-refractivity contribution in [3.63, 3.8) is 0 Å². The van der Waals surface area contributed by atoms with Crippen LogP contribution in [0.1, 0.15) is 497 Å². The van der Waals surface area contributed by atoms with Gasteiger partial charge < -0.3 is 33.8 Å². The molecule has 0 aromatic heterocycles. The van der Waals surface area contributed by atoms with Gasteiger partial charge in [-0.15, -0.1) is 0 Å². The quantitative estimate of drug-likeness (QED) is 0.0222. The number of aliphatic hydroxyl groups excluding tert-OH is 1. The van der Waals surface area contributed by atoms with Crippen LogP contribution in [0, 0.1) is 5.92 Å². The van der Waals surface area contributed by atoms with E-state index in [0.29, 0.717) is 25.7 Å². The third kappa shape index (κ3) is 82.6. The molecule has 0 aliphatic heterocycles. The summed E-state index contributed by atoms with van der Waals surface area (Å²) in [5.41, 5.74) is 0. The highest BCUT2D eigenvalue weighted by Gasteiger charge is 2.31. The van der Waals surface area contributed by atoms with Crippen molar-refractivity contribution in [2.45, 2.75) is 515 Å². The SMILES string of the molecule is CCCCCCCCCCCCCCCCCCCCCCC(=O)OC[C@H](COP(=O)(O)OC[C@@H](O)COP(=O)(O)OC[C@@H](COC(=O)CCCCCCCCCCCCC)OC(=O)CCCCCCCCCCCCCCCCCCC)OC(=O)CCCCCCCCCCCCCCCCCCCCC(C)CC. The molecule has 6 atom stereocenters. The van der Waals surface area contributed by atoms with Crippen LogP contribution in [0.4, 0.5) is 0 Å². The van der Waals surface area contributed by atoms with E-state index in [9.17, 15) is 43.2 Å². The number of hydrogen-bond donors (Lipinski definition) is 3. The molecule has 0 spiro atoms. The topological polar surface area (TPSA) is 237 Å². The standard InChI is InChI=1S/C91H178O17P2/c1-6-10-13-16-19-22-25-27-29-31-32-33-38-41-45-50-55-60-65-70-75-89(94)102-81-87(108-91(96)77-72-67-62-57-52-47-43-39-35-34-37-40-44-49-53-58-63-68-73-84(5)9-4)83-106-110(99,100)104-79-85(92)78-103-109(97,98)105-82-86(80-101-88(93)74-69-64-59-54-48-24-21-18-15-12-8-3)107-90(95)76-71-66-61-56-51-46-42-36-30-28-26-23-20-17-14-11-7-2/h84-87,92H,6-83H2,1-5H3,(H,97,98)(H,99,100)/t84?,85-,86+,87+/m0/s1. The van der Waals surface area contributed by atoms with Crippen LogP contribution in [0.2, 0.25) is 0 Å². The van der Waals surface area contributed by atoms with Crippen LogP contribution in [0.25, 0.3) is 0 Å². The lowest BCUT2D eigenvalue weighted by molar-refractivity contribution is -0.161. The summed E-state index contributed by atoms with van der Waals surface area (Å²) in [7, 11) is -9.93. The van der Waals surface area contributed by atoms with Gasteiger partial charge in [-0.25, -0.2) is 9.13 Å². The number of carbonyl (C=O) groups is 4. The zero-order chi connectivity index (χ0) is 80.4. The lowest BCUT2D eigenvalue weighted by Gasteiger charge is -2.21. The van der Waals surface area contributed by atoms with Crippen LogP contribution in [-0.4, -0.2) is 96.7 Å². The second-order valence-electron chi connectivity index (χ2n) is 32.9. The first-order chi connectivity index (χ1) is 53.6. The van der Waals surface area contributed by atoms with Crippen molar-refractivity contribution >= 4 is 39.5 Å². The van der Waals surface area contributed by atoms with Gasteiger partial charge in [-0.1, -0.05) is 446 Å². The Labute approximate surface area is 677 Å². The van der Waals surface area contributed by atoms with Crippen LogP contribution in [0.3, 0.4) is 0 Å². The smallest absolute Gasteiger partial charge is 0.462 e. The molecule has 0 radical (unpaired) electrons. The number of aliphatic hydroxyl groups is 1. The minimum Gasteiger partial charge on any atom is -0.462 e. The predicted molar refractivity (Wildman–Crippen MR) is 455 cm³/mol. The normalized spacial score (nSPS) is 13.9. The van der Waals surface area contributed by atoms with Gasteiger partial charge in [0.2, 0.25) is 0 Å². The Morgan fingerprint density at radius 2 is 0.436 bits per heavy atom. The van der Waals surface area contributed by atoms with Crippen LogP contribution in [0.15, 0.2) is 0 Å². The number of unbranched alkanes of at least 4 members (excludes halogenated alkanes) is 62. The van der Waals surface area contributed by atoms with E-state index in [1.165, 1.54) is 321 Å². The summed E-state index contributed by atoms with van der Waals surface area (Å²) in [6.45, 7) is 7.46. The molecule has 110 heavy (non-hydrogen) atoms. The summed E-state index contributed by atoms with van der Waals surface area (Å²) >= 11 is 0. The van der Waals surface area contributed by atoms with E-state index in [0.717, 1.165) is 95.8 Å². The third-order valence-corrected chi connectivity index (χ3v) is 23.8. The van der Waals surface area contributed by atoms with Crippen molar-refractivity contribution in [1.82, 2.24) is 0 Å². The zero-order valence-electron chi connectivity index (χ0n) is 72.4. The van der Waals surface area contributed by atoms with Crippen molar-refractivity contribution < 1.29 is 80.2 Å². The highest BCUT2D eigenvalue weighted by Crippen LogP contribution is 2.45. The Morgan fingerprint density at radius 1 is 0.255 bits per heavy atom. The molecule has 654 valence electrons. The Bertz CT molecular complexity index is 2080. The maximum atomic E-state index is 13.2. The van der Waals surface area contributed by atoms with Gasteiger partial charge >= 0.3 is 39.5 Å². The van der Waals surface area contributed by atoms with Crippen molar-refractivity contribution in [2.75, 3.05) is 39.6 Å². The Morgan fingerprint density at radius 3 is 0.645 bits per heavy atom. The third-order valence-electron chi connectivity index (χ3n) is 21.9. The molecule has 17 nitrogen and oxygen atoms in total. The van der Waals surface area contributed by atoms with E-state index < -0.39 is 97.5 Å². The highest BCUT2D eigenvalue weighted by molar-refractivity contribution is 7.47. The molecule has 3 unspecified atom stereocenters. The molecule has 0 saturated heterocycles. The molecule has 0 fully saturated rings. The van der Waals surface area contributed by atoms with Crippen molar-refractivity contribution in [1.29, 1.82) is 0 Å². The average molecular weight is 1610 g/mol. The second-order valence-corrected chi connectivity index (χ2v) is 35.8. The molecule has 0 amide bonds. The Kier molecular flexibility index (Phi) is 82.1. The molecular weight excluding hydrogens is 1430 g/mol. The molecule has 0 heterocycles. The molecule has 3 N–H and O–H groups in total. The first-order valence-corrected chi connectivity index (χ1v) is 50.2. The minimum atomic E-state index is -4.97. The number of rotatable bonds is 91. The molecule has 0 aromatic carbocycles. The van der Waals surface area contributed by atoms with E-state index in [-0.39, 0.29) is 25.7 Å². The summed E-state index contributed by atoms with van der Waals surface area (Å²) in [5, 5.41) is 10.7. The van der Waals surface area contributed by atoms with Gasteiger partial charge in [-0.3, -0.25) is 37.3 Å². The fourth-order valence-corrected chi connectivity index (χ4v) is 15.9. The van der Waals surface area contributed by atoms with Crippen molar-refractivity contribution in [3.8, 4) is 0 Å². The summed E-state index contributed by atoms with van der Waals surface area (Å²) in [4.78, 5) is 73.4. The number of phosphoric acid groups is 2. The number of carbonyl (C=O) groups excluding carboxylic acids is 4. The zero-order valence-corrected chi connectivity index (χ0v) is 74.2. The van der Waals surface area contributed by atoms with E-state index >= 15 is 0 Å². The Hall–Kier alpha value is -1.94. The van der Waals surface area contributed by atoms with Gasteiger partial charge in [0.25, 0.3) is 0 Å². The van der Waals surface area contributed by atoms with Crippen LogP contribution in [0.5, 0.6) is 0 Å². The number of ether oxygens (including phenoxy) is 4. The largest absolute Gasteiger partial charge is 0.472 e. The molecule has 0 aromatic rings. The molecule has 0 rings (SSSR count). The van der Waals surface area contributed by atoms with Crippen LogP contribution in [-0.2, 0) is 65.4 Å². The molecule has 0 bridgehead atoms. The maximum Gasteiger partial charge on any atom is 0.472 e. The second kappa shape index (κ2) is 83.5. The van der Waals surface area contributed by atoms with Crippen LogP contribution >= 0.6 is 15.6 Å². The van der Waals surface area contributed by atoms with Crippen molar-refractivity contribution in [2.24, 2.45) is 5.92 Å². The van der Waals surface area contributed by atoms with E-state index in [4.69, 9.17) is 37.0 Å². The summed E-state index contributed by atoms with van der Waals surface area (Å²) < 4.78 is 69.1. The first kappa shape index (κ1) is 108. The highest BCUT2D eigenvalue weighted by atomic mass is 31.2. The monoisotopic (exact) mass is 1610 g/mol. The number of phosphoric ester groups is 2. The van der Waals surface area contributed by atoms with Gasteiger partial charge in [0.05, 0.1) is 26.4 Å². The Balaban J connectivity index is 5.23. The van der Waals surface area contributed by atoms with E-state index in [1.54, 1.807) is 0 Å². The summed E-state index contributed by atoms with van der Waals surface area (Å²) in [6.07, 6.45) is 79.2. The molecule has 0 aliphatic carbocycles. The maximum absolute atomic E-state index is 13.2. The predicted octanol–water partition coefficient (Wildman–Crippen LogP) is 28.3. The fraction of sp³-hybridized carbons (Fsp3) is 0.956. The van der Waals surface area contributed by atoms with Gasteiger partial charge in [-0.2, -0.15) is 0 Å². The van der Waals surface area contributed by atoms with Gasteiger partial charge in [0.15, 0.2) is 12.2 Å². The van der Waals surface area contributed by atoms with E-state index in [1.807, 2.05) is 0 Å².